The Bertz CT molecular complexity index is 652. The first-order valence-corrected chi connectivity index (χ1v) is 6.81. The van der Waals surface area contributed by atoms with Gasteiger partial charge in [0.25, 0.3) is 10.0 Å². The zero-order valence-corrected chi connectivity index (χ0v) is 10.5. The van der Waals surface area contributed by atoms with E-state index in [0.717, 1.165) is 6.07 Å². The third-order valence-electron chi connectivity index (χ3n) is 2.31. The van der Waals surface area contributed by atoms with Gasteiger partial charge in [0, 0.05) is 18.8 Å². The topological polar surface area (TPSA) is 64.0 Å². The smallest absolute Gasteiger partial charge is 0.263 e. The van der Waals surface area contributed by atoms with Crippen molar-refractivity contribution in [1.29, 1.82) is 0 Å². The molecule has 0 saturated carbocycles. The van der Waals surface area contributed by atoms with Crippen LogP contribution in [0.1, 0.15) is 6.92 Å². The third kappa shape index (κ3) is 2.67. The maximum Gasteiger partial charge on any atom is 0.263 e. The Morgan fingerprint density at radius 2 is 2.17 bits per heavy atom. The fourth-order valence-electron chi connectivity index (χ4n) is 1.42. The minimum absolute atomic E-state index is 0.131. The Hall–Kier alpha value is -1.89. The average Bonchev–Trinajstić information content (AvgIpc) is 2.76. The van der Waals surface area contributed by atoms with Gasteiger partial charge in [-0.05, 0) is 25.1 Å². The molecule has 1 aromatic heterocycles. The Kier molecular flexibility index (Phi) is 3.33. The summed E-state index contributed by atoms with van der Waals surface area (Å²) in [4.78, 5) is -0.131. The van der Waals surface area contributed by atoms with Crippen LogP contribution in [-0.2, 0) is 16.6 Å². The Morgan fingerprint density at radius 3 is 2.78 bits per heavy atom. The van der Waals surface area contributed by atoms with Gasteiger partial charge in [0.2, 0.25) is 0 Å². The van der Waals surface area contributed by atoms with Gasteiger partial charge in [0.15, 0.2) is 5.82 Å². The molecule has 0 amide bonds. The van der Waals surface area contributed by atoms with Crippen LogP contribution in [0.15, 0.2) is 41.4 Å². The Labute approximate surface area is 104 Å². The molecule has 0 aliphatic carbocycles. The molecule has 7 heteroatoms. The average molecular weight is 269 g/mol. The number of anilines is 1. The van der Waals surface area contributed by atoms with Gasteiger partial charge in [0.05, 0.1) is 4.90 Å². The summed E-state index contributed by atoms with van der Waals surface area (Å²) >= 11 is 0. The number of halogens is 1. The molecule has 0 bridgehead atoms. The van der Waals surface area contributed by atoms with E-state index in [4.69, 9.17) is 0 Å². The monoisotopic (exact) mass is 269 g/mol. The number of hydrogen-bond acceptors (Lipinski definition) is 3. The van der Waals surface area contributed by atoms with Crippen molar-refractivity contribution in [2.75, 3.05) is 4.72 Å². The molecule has 18 heavy (non-hydrogen) atoms. The maximum atomic E-state index is 13.0. The molecule has 2 rings (SSSR count). The predicted octanol–water partition coefficient (Wildman–Crippen LogP) is 1.84. The number of rotatable bonds is 4. The highest BCUT2D eigenvalue weighted by Gasteiger charge is 2.15. The van der Waals surface area contributed by atoms with E-state index in [1.54, 1.807) is 16.9 Å². The molecule has 5 nitrogen and oxygen atoms in total. The van der Waals surface area contributed by atoms with Crippen molar-refractivity contribution in [3.63, 3.8) is 0 Å². The summed E-state index contributed by atoms with van der Waals surface area (Å²) in [5, 5.41) is 3.99. The second-order valence-corrected chi connectivity index (χ2v) is 5.30. The van der Waals surface area contributed by atoms with Gasteiger partial charge in [-0.2, -0.15) is 5.10 Å². The van der Waals surface area contributed by atoms with Crippen molar-refractivity contribution < 1.29 is 12.8 Å². The van der Waals surface area contributed by atoms with Gasteiger partial charge >= 0.3 is 0 Å². The standard InChI is InChI=1S/C11H12FN3O2S/c1-2-15-7-6-11(13-15)14-18(16,17)10-5-3-4-9(12)8-10/h3-8H,2H2,1H3,(H,13,14). The van der Waals surface area contributed by atoms with Crippen molar-refractivity contribution in [2.24, 2.45) is 0 Å². The summed E-state index contributed by atoms with van der Waals surface area (Å²) in [5.74, 6) is -0.391. The van der Waals surface area contributed by atoms with Crippen LogP contribution >= 0.6 is 0 Å². The largest absolute Gasteiger partial charge is 0.271 e. The first-order valence-electron chi connectivity index (χ1n) is 5.33. The first-order chi connectivity index (χ1) is 8.51. The number of nitrogens with zero attached hydrogens (tertiary/aromatic N) is 2. The van der Waals surface area contributed by atoms with Gasteiger partial charge in [0.1, 0.15) is 5.82 Å². The van der Waals surface area contributed by atoms with Crippen LogP contribution < -0.4 is 4.72 Å². The molecule has 96 valence electrons. The van der Waals surface area contributed by atoms with Gasteiger partial charge in [-0.3, -0.25) is 9.40 Å². The van der Waals surface area contributed by atoms with E-state index in [0.29, 0.717) is 6.54 Å². The van der Waals surface area contributed by atoms with Crippen LogP contribution in [-0.4, -0.2) is 18.2 Å². The zero-order valence-electron chi connectivity index (χ0n) is 9.67. The molecule has 1 aromatic carbocycles. The highest BCUT2D eigenvalue weighted by molar-refractivity contribution is 7.92. The summed E-state index contributed by atoms with van der Waals surface area (Å²) < 4.78 is 40.7. The SMILES string of the molecule is CCn1ccc(NS(=O)(=O)c2cccc(F)c2)n1. The van der Waals surface area contributed by atoms with E-state index in [1.165, 1.54) is 18.2 Å². The summed E-state index contributed by atoms with van der Waals surface area (Å²) in [6, 6.07) is 6.35. The van der Waals surface area contributed by atoms with Crippen LogP contribution in [0.2, 0.25) is 0 Å². The van der Waals surface area contributed by atoms with E-state index in [-0.39, 0.29) is 10.7 Å². The van der Waals surface area contributed by atoms with E-state index < -0.39 is 15.8 Å². The second kappa shape index (κ2) is 4.77. The van der Waals surface area contributed by atoms with Crippen molar-refractivity contribution in [3.8, 4) is 0 Å². The van der Waals surface area contributed by atoms with Crippen LogP contribution in [0, 0.1) is 5.82 Å². The maximum absolute atomic E-state index is 13.0. The van der Waals surface area contributed by atoms with Gasteiger partial charge < -0.3 is 0 Å². The number of hydrogen-bond donors (Lipinski definition) is 1. The summed E-state index contributed by atoms with van der Waals surface area (Å²) in [6.07, 6.45) is 1.66. The predicted molar refractivity (Wildman–Crippen MR) is 65.1 cm³/mol. The van der Waals surface area contributed by atoms with Crippen LogP contribution in [0.5, 0.6) is 0 Å². The lowest BCUT2D eigenvalue weighted by Gasteiger charge is -2.05. The Morgan fingerprint density at radius 1 is 1.39 bits per heavy atom. The third-order valence-corrected chi connectivity index (χ3v) is 3.66. The minimum Gasteiger partial charge on any atom is -0.271 e. The molecule has 2 aromatic rings. The molecule has 0 radical (unpaired) electrons. The summed E-state index contributed by atoms with van der Waals surface area (Å²) in [7, 11) is -3.80. The lowest BCUT2D eigenvalue weighted by molar-refractivity contribution is 0.594. The van der Waals surface area contributed by atoms with Crippen LogP contribution in [0.25, 0.3) is 0 Å². The van der Waals surface area contributed by atoms with Crippen LogP contribution in [0.3, 0.4) is 0 Å². The molecule has 0 saturated heterocycles. The number of aromatic nitrogens is 2. The summed E-state index contributed by atoms with van der Waals surface area (Å²) in [6.45, 7) is 2.53. The van der Waals surface area contributed by atoms with Gasteiger partial charge in [-0.15, -0.1) is 0 Å². The highest BCUT2D eigenvalue weighted by atomic mass is 32.2. The lowest BCUT2D eigenvalue weighted by Crippen LogP contribution is -2.13. The minimum atomic E-state index is -3.80. The van der Waals surface area contributed by atoms with E-state index in [2.05, 4.69) is 9.82 Å². The van der Waals surface area contributed by atoms with Gasteiger partial charge in [-0.25, -0.2) is 12.8 Å². The molecule has 1 heterocycles. The zero-order chi connectivity index (χ0) is 13.2. The molecule has 0 fully saturated rings. The molecule has 0 aliphatic rings. The fraction of sp³-hybridized carbons (Fsp3) is 0.182. The summed E-state index contributed by atoms with van der Waals surface area (Å²) in [5.41, 5.74) is 0. The first kappa shape index (κ1) is 12.6. The second-order valence-electron chi connectivity index (χ2n) is 3.62. The quantitative estimate of drug-likeness (QED) is 0.921. The van der Waals surface area contributed by atoms with Crippen molar-refractivity contribution in [2.45, 2.75) is 18.4 Å². The molecular formula is C11H12FN3O2S. The van der Waals surface area contributed by atoms with Gasteiger partial charge in [-0.1, -0.05) is 6.07 Å². The van der Waals surface area contributed by atoms with Crippen molar-refractivity contribution >= 4 is 15.8 Å². The van der Waals surface area contributed by atoms with E-state index in [9.17, 15) is 12.8 Å². The van der Waals surface area contributed by atoms with Crippen molar-refractivity contribution in [3.05, 3.63) is 42.3 Å². The molecular weight excluding hydrogens is 257 g/mol. The lowest BCUT2D eigenvalue weighted by atomic mass is 10.4. The number of nitrogens with one attached hydrogen (secondary N) is 1. The molecule has 0 unspecified atom stereocenters. The molecule has 1 N–H and O–H groups in total. The van der Waals surface area contributed by atoms with Crippen LogP contribution in [0.4, 0.5) is 10.2 Å². The highest BCUT2D eigenvalue weighted by Crippen LogP contribution is 2.15. The fourth-order valence-corrected chi connectivity index (χ4v) is 2.45. The number of benzene rings is 1. The molecule has 0 aliphatic heterocycles. The molecule has 0 spiro atoms. The van der Waals surface area contributed by atoms with E-state index in [1.807, 2.05) is 6.92 Å². The number of aryl methyl sites for hydroxylation is 1. The molecule has 0 atom stereocenters. The normalized spacial score (nSPS) is 11.4. The van der Waals surface area contributed by atoms with Crippen molar-refractivity contribution in [1.82, 2.24) is 9.78 Å². The number of sulfonamides is 1. The Balaban J connectivity index is 2.27. The van der Waals surface area contributed by atoms with E-state index >= 15 is 0 Å².